The van der Waals surface area contributed by atoms with E-state index in [9.17, 15) is 13.2 Å². The minimum atomic E-state index is -3.54. The van der Waals surface area contributed by atoms with E-state index >= 15 is 0 Å². The first-order valence-electron chi connectivity index (χ1n) is 8.75. The highest BCUT2D eigenvalue weighted by molar-refractivity contribution is 8.00. The molecule has 0 saturated carbocycles. The number of benzene rings is 2. The van der Waals surface area contributed by atoms with Crippen LogP contribution in [0, 0.1) is 13.8 Å². The van der Waals surface area contributed by atoms with Gasteiger partial charge in [-0.2, -0.15) is 0 Å². The van der Waals surface area contributed by atoms with Crippen LogP contribution in [0.1, 0.15) is 31.9 Å². The Labute approximate surface area is 166 Å². The zero-order valence-corrected chi connectivity index (χ0v) is 17.9. The zero-order valence-electron chi connectivity index (χ0n) is 16.2. The van der Waals surface area contributed by atoms with Gasteiger partial charge in [0.25, 0.3) is 0 Å². The lowest BCUT2D eigenvalue weighted by atomic mass is 10.2. The van der Waals surface area contributed by atoms with Gasteiger partial charge in [-0.05, 0) is 70.5 Å². The second-order valence-electron chi connectivity index (χ2n) is 6.82. The van der Waals surface area contributed by atoms with Gasteiger partial charge in [0.15, 0.2) is 0 Å². The highest BCUT2D eigenvalue weighted by atomic mass is 32.2. The van der Waals surface area contributed by atoms with Crippen molar-refractivity contribution in [2.75, 3.05) is 5.32 Å². The largest absolute Gasteiger partial charge is 0.325 e. The van der Waals surface area contributed by atoms with Gasteiger partial charge in [0.05, 0.1) is 10.1 Å². The van der Waals surface area contributed by atoms with Crippen LogP contribution in [0.4, 0.5) is 5.69 Å². The standard InChI is InChI=1S/C20H26N2O3S2/c1-13(2)22-27(24,25)18-9-7-17(8-10-18)21-20(23)16(5)26-19-11-6-14(3)12-15(19)4/h6-13,16,22H,1-5H3,(H,21,23)/t16-/m0/s1. The maximum absolute atomic E-state index is 12.5. The van der Waals surface area contributed by atoms with Gasteiger partial charge in [0, 0.05) is 16.6 Å². The Hall–Kier alpha value is -1.83. The number of sulfonamides is 1. The average molecular weight is 407 g/mol. The molecule has 2 aromatic rings. The van der Waals surface area contributed by atoms with Gasteiger partial charge in [0.1, 0.15) is 0 Å². The summed E-state index contributed by atoms with van der Waals surface area (Å²) in [6, 6.07) is 12.1. The van der Waals surface area contributed by atoms with E-state index < -0.39 is 10.0 Å². The van der Waals surface area contributed by atoms with Gasteiger partial charge < -0.3 is 5.32 Å². The Morgan fingerprint density at radius 2 is 1.63 bits per heavy atom. The smallest absolute Gasteiger partial charge is 0.240 e. The van der Waals surface area contributed by atoms with Crippen LogP contribution in [0.25, 0.3) is 0 Å². The maximum Gasteiger partial charge on any atom is 0.240 e. The number of nitrogens with one attached hydrogen (secondary N) is 2. The van der Waals surface area contributed by atoms with Crippen molar-refractivity contribution in [2.45, 2.75) is 55.7 Å². The molecule has 5 nitrogen and oxygen atoms in total. The fourth-order valence-electron chi connectivity index (χ4n) is 2.52. The second-order valence-corrected chi connectivity index (χ2v) is 9.92. The van der Waals surface area contributed by atoms with Crippen molar-refractivity contribution < 1.29 is 13.2 Å². The third-order valence-corrected chi connectivity index (χ3v) is 6.78. The Kier molecular flexibility index (Phi) is 7.08. The highest BCUT2D eigenvalue weighted by Crippen LogP contribution is 2.28. The van der Waals surface area contributed by atoms with E-state index in [4.69, 9.17) is 0 Å². The lowest BCUT2D eigenvalue weighted by Crippen LogP contribution is -2.30. The molecule has 0 bridgehead atoms. The normalized spacial score (nSPS) is 12.8. The van der Waals surface area contributed by atoms with Gasteiger partial charge in [-0.1, -0.05) is 17.7 Å². The summed E-state index contributed by atoms with van der Waals surface area (Å²) in [5, 5.41) is 2.56. The third kappa shape index (κ3) is 6.09. The van der Waals surface area contributed by atoms with Crippen LogP contribution in [-0.2, 0) is 14.8 Å². The monoisotopic (exact) mass is 406 g/mol. The van der Waals surface area contributed by atoms with Crippen LogP contribution in [0.3, 0.4) is 0 Å². The van der Waals surface area contributed by atoms with E-state index in [0.717, 1.165) is 10.5 Å². The molecule has 0 spiro atoms. The van der Waals surface area contributed by atoms with E-state index in [0.29, 0.717) is 5.69 Å². The van der Waals surface area contributed by atoms with E-state index in [2.05, 4.69) is 16.1 Å². The number of carbonyl (C=O) groups excluding carboxylic acids is 1. The van der Waals surface area contributed by atoms with Crippen LogP contribution < -0.4 is 10.0 Å². The minimum Gasteiger partial charge on any atom is -0.325 e. The summed E-state index contributed by atoms with van der Waals surface area (Å²) in [6.45, 7) is 9.45. The Balaban J connectivity index is 2.02. The number of hydrogen-bond donors (Lipinski definition) is 2. The van der Waals surface area contributed by atoms with Crippen LogP contribution in [0.15, 0.2) is 52.3 Å². The molecule has 27 heavy (non-hydrogen) atoms. The number of anilines is 1. The van der Waals surface area contributed by atoms with Gasteiger partial charge in [0.2, 0.25) is 15.9 Å². The van der Waals surface area contributed by atoms with E-state index in [1.807, 2.05) is 32.9 Å². The molecule has 1 atom stereocenters. The number of amides is 1. The predicted octanol–water partition coefficient (Wildman–Crippen LogP) is 4.11. The number of carbonyl (C=O) groups is 1. The minimum absolute atomic E-state index is 0.129. The van der Waals surface area contributed by atoms with Crippen molar-refractivity contribution in [2.24, 2.45) is 0 Å². The van der Waals surface area contributed by atoms with Crippen molar-refractivity contribution >= 4 is 33.4 Å². The molecule has 2 rings (SSSR count). The predicted molar refractivity (Wildman–Crippen MR) is 112 cm³/mol. The summed E-state index contributed by atoms with van der Waals surface area (Å²) >= 11 is 1.50. The quantitative estimate of drug-likeness (QED) is 0.679. The van der Waals surface area contributed by atoms with Crippen molar-refractivity contribution in [3.8, 4) is 0 Å². The summed E-state index contributed by atoms with van der Waals surface area (Å²) in [6.07, 6.45) is 0. The van der Waals surface area contributed by atoms with Gasteiger partial charge in [-0.15, -0.1) is 11.8 Å². The SMILES string of the molecule is Cc1ccc(S[C@@H](C)C(=O)Nc2ccc(S(=O)(=O)NC(C)C)cc2)c(C)c1. The highest BCUT2D eigenvalue weighted by Gasteiger charge is 2.17. The lowest BCUT2D eigenvalue weighted by molar-refractivity contribution is -0.115. The Morgan fingerprint density at radius 1 is 1.00 bits per heavy atom. The molecule has 0 aromatic heterocycles. The first-order chi connectivity index (χ1) is 12.6. The van der Waals surface area contributed by atoms with Crippen LogP contribution >= 0.6 is 11.8 Å². The Bertz CT molecular complexity index is 907. The summed E-state index contributed by atoms with van der Waals surface area (Å²) < 4.78 is 26.8. The fraction of sp³-hybridized carbons (Fsp3) is 0.350. The van der Waals surface area contributed by atoms with Crippen LogP contribution in [-0.4, -0.2) is 25.6 Å². The number of hydrogen-bond acceptors (Lipinski definition) is 4. The van der Waals surface area contributed by atoms with Crippen molar-refractivity contribution in [1.29, 1.82) is 0 Å². The topological polar surface area (TPSA) is 75.3 Å². The fourth-order valence-corrected chi connectivity index (χ4v) is 4.70. The summed E-state index contributed by atoms with van der Waals surface area (Å²) in [4.78, 5) is 13.7. The molecule has 146 valence electrons. The molecule has 0 radical (unpaired) electrons. The van der Waals surface area contributed by atoms with Gasteiger partial charge in [-0.3, -0.25) is 4.79 Å². The first-order valence-corrected chi connectivity index (χ1v) is 11.1. The van der Waals surface area contributed by atoms with Gasteiger partial charge in [-0.25, -0.2) is 13.1 Å². The van der Waals surface area contributed by atoms with Crippen molar-refractivity contribution in [1.82, 2.24) is 4.72 Å². The van der Waals surface area contributed by atoms with Crippen molar-refractivity contribution in [3.63, 3.8) is 0 Å². The molecule has 0 fully saturated rings. The van der Waals surface area contributed by atoms with E-state index in [-0.39, 0.29) is 22.1 Å². The average Bonchev–Trinajstić information content (AvgIpc) is 2.56. The van der Waals surface area contributed by atoms with Crippen LogP contribution in [0.5, 0.6) is 0 Å². The van der Waals surface area contributed by atoms with E-state index in [1.165, 1.54) is 29.5 Å². The lowest BCUT2D eigenvalue weighted by Gasteiger charge is -2.14. The molecule has 0 heterocycles. The molecule has 0 aliphatic heterocycles. The third-order valence-electron chi connectivity index (χ3n) is 3.83. The number of thioether (sulfide) groups is 1. The molecule has 0 aliphatic carbocycles. The maximum atomic E-state index is 12.5. The second kappa shape index (κ2) is 8.91. The molecule has 2 N–H and O–H groups in total. The molecular weight excluding hydrogens is 380 g/mol. The molecule has 7 heteroatoms. The first kappa shape index (κ1) is 21.5. The summed E-state index contributed by atoms with van der Waals surface area (Å²) in [5.41, 5.74) is 2.90. The van der Waals surface area contributed by atoms with Crippen LogP contribution in [0.2, 0.25) is 0 Å². The molecular formula is C20H26N2O3S2. The summed E-state index contributed by atoms with van der Waals surface area (Å²) in [7, 11) is -3.54. The van der Waals surface area contributed by atoms with Crippen molar-refractivity contribution in [3.05, 3.63) is 53.6 Å². The Morgan fingerprint density at radius 3 is 2.19 bits per heavy atom. The number of rotatable bonds is 7. The summed E-state index contributed by atoms with van der Waals surface area (Å²) in [5.74, 6) is -0.129. The van der Waals surface area contributed by atoms with E-state index in [1.54, 1.807) is 26.0 Å². The zero-order chi connectivity index (χ0) is 20.2. The number of aryl methyl sites for hydroxylation is 2. The van der Waals surface area contributed by atoms with Gasteiger partial charge >= 0.3 is 0 Å². The molecule has 0 saturated heterocycles. The molecule has 2 aromatic carbocycles. The molecule has 0 aliphatic rings. The molecule has 0 unspecified atom stereocenters. The molecule has 1 amide bonds.